The van der Waals surface area contributed by atoms with Crippen LogP contribution in [0.5, 0.6) is 11.5 Å². The number of benzene rings is 2. The van der Waals surface area contributed by atoms with E-state index in [2.05, 4.69) is 23.7 Å². The Hall–Kier alpha value is -3.41. The van der Waals surface area contributed by atoms with Gasteiger partial charge in [0.1, 0.15) is 23.1 Å². The number of nitrogens with zero attached hydrogens (tertiary/aromatic N) is 4. The van der Waals surface area contributed by atoms with E-state index in [9.17, 15) is 4.79 Å². The molecule has 31 heavy (non-hydrogen) atoms. The van der Waals surface area contributed by atoms with Crippen LogP contribution in [0, 0.1) is 6.92 Å². The number of amides is 1. The van der Waals surface area contributed by atoms with E-state index in [1.165, 1.54) is 0 Å². The van der Waals surface area contributed by atoms with Crippen LogP contribution in [0.2, 0.25) is 0 Å². The molecule has 6 nitrogen and oxygen atoms in total. The Kier molecular flexibility index (Phi) is 6.16. The predicted molar refractivity (Wildman–Crippen MR) is 122 cm³/mol. The van der Waals surface area contributed by atoms with Crippen LogP contribution in [-0.4, -0.2) is 47.0 Å². The van der Waals surface area contributed by atoms with Crippen molar-refractivity contribution in [1.29, 1.82) is 0 Å². The number of aryl methyl sites for hydroxylation is 1. The van der Waals surface area contributed by atoms with Gasteiger partial charge < -0.3 is 14.5 Å². The Labute approximate surface area is 183 Å². The Morgan fingerprint density at radius 3 is 2.32 bits per heavy atom. The summed E-state index contributed by atoms with van der Waals surface area (Å²) in [4.78, 5) is 26.5. The first kappa shape index (κ1) is 20.8. The van der Waals surface area contributed by atoms with Crippen molar-refractivity contribution < 1.29 is 9.53 Å². The summed E-state index contributed by atoms with van der Waals surface area (Å²) >= 11 is 0. The number of rotatable bonds is 5. The lowest BCUT2D eigenvalue weighted by Crippen LogP contribution is -2.49. The molecule has 1 aliphatic heterocycles. The maximum Gasteiger partial charge on any atom is 0.254 e. The third-order valence-corrected chi connectivity index (χ3v) is 5.33. The number of ether oxygens (including phenoxy) is 1. The van der Waals surface area contributed by atoms with Crippen molar-refractivity contribution in [1.82, 2.24) is 14.9 Å². The first-order valence-electron chi connectivity index (χ1n) is 10.7. The molecule has 4 rings (SSSR count). The molecule has 1 saturated heterocycles. The Balaban J connectivity index is 1.41. The smallest absolute Gasteiger partial charge is 0.254 e. The van der Waals surface area contributed by atoms with E-state index in [1.807, 2.05) is 72.5 Å². The summed E-state index contributed by atoms with van der Waals surface area (Å²) in [6, 6.07) is 19.0. The maximum absolute atomic E-state index is 13.1. The number of piperazine rings is 1. The van der Waals surface area contributed by atoms with E-state index in [-0.39, 0.29) is 11.8 Å². The summed E-state index contributed by atoms with van der Waals surface area (Å²) < 4.78 is 5.88. The first-order chi connectivity index (χ1) is 15.0. The molecular weight excluding hydrogens is 388 g/mol. The molecule has 0 atom stereocenters. The average Bonchev–Trinajstić information content (AvgIpc) is 2.79. The second-order valence-electron chi connectivity index (χ2n) is 8.10. The Bertz CT molecular complexity index is 1040. The molecule has 160 valence electrons. The standard InChI is InChI=1S/C25H28N4O2/c1-18(2)24-26-19(3)16-23(27-24)28-12-14-29(15-13-28)25(30)20-8-7-11-22(17-20)31-21-9-5-4-6-10-21/h4-11,16-18H,12-15H2,1-3H3. The number of carbonyl (C=O) groups excluding carboxylic acids is 1. The summed E-state index contributed by atoms with van der Waals surface area (Å²) in [6.07, 6.45) is 0. The fraction of sp³-hybridized carbons (Fsp3) is 0.320. The fourth-order valence-electron chi connectivity index (χ4n) is 3.63. The molecule has 0 bridgehead atoms. The summed E-state index contributed by atoms with van der Waals surface area (Å²) in [5.41, 5.74) is 1.62. The van der Waals surface area contributed by atoms with Crippen LogP contribution in [-0.2, 0) is 0 Å². The monoisotopic (exact) mass is 416 g/mol. The number of carbonyl (C=O) groups is 1. The lowest BCUT2D eigenvalue weighted by molar-refractivity contribution is 0.0746. The van der Waals surface area contributed by atoms with E-state index in [0.717, 1.165) is 36.2 Å². The zero-order chi connectivity index (χ0) is 21.8. The number of anilines is 1. The number of para-hydroxylation sites is 1. The van der Waals surface area contributed by atoms with Gasteiger partial charge in [-0.15, -0.1) is 0 Å². The number of hydrogen-bond donors (Lipinski definition) is 0. The van der Waals surface area contributed by atoms with Crippen LogP contribution in [0.25, 0.3) is 0 Å². The van der Waals surface area contributed by atoms with Gasteiger partial charge in [-0.2, -0.15) is 0 Å². The van der Waals surface area contributed by atoms with Gasteiger partial charge in [-0.05, 0) is 37.3 Å². The molecule has 0 spiro atoms. The molecule has 0 N–H and O–H groups in total. The minimum absolute atomic E-state index is 0.0277. The predicted octanol–water partition coefficient (Wildman–Crippen LogP) is 4.66. The zero-order valence-electron chi connectivity index (χ0n) is 18.3. The molecular formula is C25H28N4O2. The first-order valence-corrected chi connectivity index (χ1v) is 10.7. The van der Waals surface area contributed by atoms with Gasteiger partial charge in [0.25, 0.3) is 5.91 Å². The molecule has 0 radical (unpaired) electrons. The lowest BCUT2D eigenvalue weighted by atomic mass is 10.1. The van der Waals surface area contributed by atoms with Crippen LogP contribution < -0.4 is 9.64 Å². The van der Waals surface area contributed by atoms with E-state index in [4.69, 9.17) is 9.72 Å². The highest BCUT2D eigenvalue weighted by atomic mass is 16.5. The SMILES string of the molecule is Cc1cc(N2CCN(C(=O)c3cccc(Oc4ccccc4)c3)CC2)nc(C(C)C)n1. The third-order valence-electron chi connectivity index (χ3n) is 5.33. The molecule has 6 heteroatoms. The number of aromatic nitrogens is 2. The van der Waals surface area contributed by atoms with Crippen LogP contribution in [0.4, 0.5) is 5.82 Å². The van der Waals surface area contributed by atoms with Crippen LogP contribution in [0.1, 0.15) is 41.6 Å². The molecule has 1 aliphatic rings. The summed E-state index contributed by atoms with van der Waals surface area (Å²) in [5, 5.41) is 0. The lowest BCUT2D eigenvalue weighted by Gasteiger charge is -2.35. The van der Waals surface area contributed by atoms with Gasteiger partial charge in [-0.1, -0.05) is 38.1 Å². The van der Waals surface area contributed by atoms with E-state index in [0.29, 0.717) is 24.4 Å². The minimum atomic E-state index is 0.0277. The van der Waals surface area contributed by atoms with Crippen molar-refractivity contribution >= 4 is 11.7 Å². The van der Waals surface area contributed by atoms with Gasteiger partial charge in [-0.25, -0.2) is 9.97 Å². The summed E-state index contributed by atoms with van der Waals surface area (Å²) in [5.74, 6) is 3.53. The number of hydrogen-bond acceptors (Lipinski definition) is 5. The fourth-order valence-corrected chi connectivity index (χ4v) is 3.63. The minimum Gasteiger partial charge on any atom is -0.457 e. The second-order valence-corrected chi connectivity index (χ2v) is 8.10. The molecule has 0 aliphatic carbocycles. The largest absolute Gasteiger partial charge is 0.457 e. The highest BCUT2D eigenvalue weighted by molar-refractivity contribution is 5.94. The van der Waals surface area contributed by atoms with Crippen molar-refractivity contribution in [2.24, 2.45) is 0 Å². The average molecular weight is 417 g/mol. The molecule has 2 aromatic carbocycles. The molecule has 1 amide bonds. The topological polar surface area (TPSA) is 58.6 Å². The maximum atomic E-state index is 13.1. The highest BCUT2D eigenvalue weighted by Gasteiger charge is 2.24. The van der Waals surface area contributed by atoms with Gasteiger partial charge in [-0.3, -0.25) is 4.79 Å². The van der Waals surface area contributed by atoms with E-state index in [1.54, 1.807) is 0 Å². The van der Waals surface area contributed by atoms with Crippen molar-refractivity contribution in [3.8, 4) is 11.5 Å². The summed E-state index contributed by atoms with van der Waals surface area (Å²) in [6.45, 7) is 9.02. The van der Waals surface area contributed by atoms with Gasteiger partial charge in [0.15, 0.2) is 0 Å². The van der Waals surface area contributed by atoms with Crippen molar-refractivity contribution in [2.75, 3.05) is 31.1 Å². The Morgan fingerprint density at radius 2 is 1.61 bits per heavy atom. The molecule has 2 heterocycles. The third kappa shape index (κ3) is 5.02. The van der Waals surface area contributed by atoms with Gasteiger partial charge in [0.2, 0.25) is 0 Å². The van der Waals surface area contributed by atoms with Gasteiger partial charge in [0.05, 0.1) is 0 Å². The van der Waals surface area contributed by atoms with Gasteiger partial charge in [0, 0.05) is 49.4 Å². The van der Waals surface area contributed by atoms with Crippen LogP contribution >= 0.6 is 0 Å². The normalized spacial score (nSPS) is 14.1. The van der Waals surface area contributed by atoms with Gasteiger partial charge >= 0.3 is 0 Å². The molecule has 1 fully saturated rings. The van der Waals surface area contributed by atoms with Crippen molar-refractivity contribution in [3.63, 3.8) is 0 Å². The molecule has 3 aromatic rings. The van der Waals surface area contributed by atoms with Crippen molar-refractivity contribution in [3.05, 3.63) is 77.7 Å². The zero-order valence-corrected chi connectivity index (χ0v) is 18.3. The van der Waals surface area contributed by atoms with Crippen molar-refractivity contribution in [2.45, 2.75) is 26.7 Å². The van der Waals surface area contributed by atoms with E-state index < -0.39 is 0 Å². The quantitative estimate of drug-likeness (QED) is 0.605. The van der Waals surface area contributed by atoms with E-state index >= 15 is 0 Å². The molecule has 0 saturated carbocycles. The summed E-state index contributed by atoms with van der Waals surface area (Å²) in [7, 11) is 0. The highest BCUT2D eigenvalue weighted by Crippen LogP contribution is 2.23. The second kappa shape index (κ2) is 9.16. The Morgan fingerprint density at radius 1 is 0.903 bits per heavy atom. The van der Waals surface area contributed by atoms with Crippen LogP contribution in [0.15, 0.2) is 60.7 Å². The van der Waals surface area contributed by atoms with Crippen LogP contribution in [0.3, 0.4) is 0 Å². The molecule has 0 unspecified atom stereocenters. The molecule has 1 aromatic heterocycles.